The minimum Gasteiger partial charge on any atom is -0.337 e. The van der Waals surface area contributed by atoms with Crippen molar-refractivity contribution in [2.24, 2.45) is 0 Å². The van der Waals surface area contributed by atoms with E-state index in [1.54, 1.807) is 0 Å². The van der Waals surface area contributed by atoms with Crippen LogP contribution in [-0.2, 0) is 6.54 Å². The highest BCUT2D eigenvalue weighted by atomic mass is 16.2. The first-order valence-electron chi connectivity index (χ1n) is 12.5. The summed E-state index contributed by atoms with van der Waals surface area (Å²) in [4.78, 5) is 22.2. The van der Waals surface area contributed by atoms with Crippen LogP contribution >= 0.6 is 0 Å². The minimum atomic E-state index is 0.101. The molecule has 180 valence electrons. The molecule has 2 aliphatic rings. The second kappa shape index (κ2) is 11.1. The van der Waals surface area contributed by atoms with E-state index in [2.05, 4.69) is 47.0 Å². The van der Waals surface area contributed by atoms with Gasteiger partial charge >= 0.3 is 0 Å². The molecule has 0 spiro atoms. The van der Waals surface area contributed by atoms with Gasteiger partial charge in [-0.2, -0.15) is 5.26 Å². The molecule has 6 heteroatoms. The lowest BCUT2D eigenvalue weighted by Crippen LogP contribution is -2.34. The molecule has 2 heterocycles. The maximum absolute atomic E-state index is 13.1. The molecule has 0 aliphatic carbocycles. The summed E-state index contributed by atoms with van der Waals surface area (Å²) >= 11 is 0. The SMILES string of the molecule is Cc1cc(C(=O)N2CCCN(C)CC2)ccc1-c1ccc(CN2CCCN(C)CC2)cc1C#N. The molecule has 2 aliphatic heterocycles. The fraction of sp³-hybridized carbons (Fsp3) is 0.500. The van der Waals surface area contributed by atoms with Crippen LogP contribution in [0.1, 0.15) is 39.9 Å². The van der Waals surface area contributed by atoms with Crippen molar-refractivity contribution in [3.05, 3.63) is 58.7 Å². The molecule has 2 aromatic carbocycles. The number of hydrogen-bond donors (Lipinski definition) is 0. The zero-order valence-corrected chi connectivity index (χ0v) is 20.9. The van der Waals surface area contributed by atoms with Gasteiger partial charge in [0.2, 0.25) is 0 Å². The van der Waals surface area contributed by atoms with Crippen molar-refractivity contribution >= 4 is 5.91 Å². The molecule has 4 rings (SSSR count). The number of likely N-dealkylation sites (N-methyl/N-ethyl adjacent to an activating group) is 2. The van der Waals surface area contributed by atoms with E-state index in [9.17, 15) is 10.1 Å². The molecule has 1 amide bonds. The first-order valence-corrected chi connectivity index (χ1v) is 12.5. The smallest absolute Gasteiger partial charge is 0.253 e. The molecule has 2 fully saturated rings. The van der Waals surface area contributed by atoms with E-state index >= 15 is 0 Å². The number of aryl methyl sites for hydroxylation is 1. The lowest BCUT2D eigenvalue weighted by molar-refractivity contribution is 0.0762. The standard InChI is InChI=1S/C28H37N5O/c1-22-18-24(28(34)33-13-5-11-31(3)15-17-33)7-9-26(22)27-8-6-23(19-25(27)20-29)21-32-12-4-10-30(2)14-16-32/h6-9,18-19H,4-5,10-17,21H2,1-3H3. The number of hydrogen-bond acceptors (Lipinski definition) is 5. The van der Waals surface area contributed by atoms with Crippen molar-refractivity contribution in [1.29, 1.82) is 5.26 Å². The van der Waals surface area contributed by atoms with E-state index in [0.29, 0.717) is 5.56 Å². The van der Waals surface area contributed by atoms with Crippen molar-refractivity contribution in [1.82, 2.24) is 19.6 Å². The summed E-state index contributed by atoms with van der Waals surface area (Å²) in [6.45, 7) is 10.8. The van der Waals surface area contributed by atoms with Crippen LogP contribution < -0.4 is 0 Å². The molecule has 0 aromatic heterocycles. The van der Waals surface area contributed by atoms with E-state index < -0.39 is 0 Å². The second-order valence-electron chi connectivity index (χ2n) is 9.90. The molecule has 0 unspecified atom stereocenters. The molecule has 0 radical (unpaired) electrons. The van der Waals surface area contributed by atoms with Gasteiger partial charge in [0, 0.05) is 44.8 Å². The molecule has 34 heavy (non-hydrogen) atoms. The summed E-state index contributed by atoms with van der Waals surface area (Å²) in [5.74, 6) is 0.101. The average Bonchev–Trinajstić information content (AvgIpc) is 3.18. The van der Waals surface area contributed by atoms with E-state index in [0.717, 1.165) is 87.6 Å². The second-order valence-corrected chi connectivity index (χ2v) is 9.90. The fourth-order valence-electron chi connectivity index (χ4n) is 5.06. The molecule has 6 nitrogen and oxygen atoms in total. The molecule has 0 N–H and O–H groups in total. The first kappa shape index (κ1) is 24.4. The third-order valence-electron chi connectivity index (χ3n) is 7.19. The van der Waals surface area contributed by atoms with Crippen LogP contribution in [0, 0.1) is 18.3 Å². The van der Waals surface area contributed by atoms with Gasteiger partial charge in [0.05, 0.1) is 11.6 Å². The number of carbonyl (C=O) groups is 1. The van der Waals surface area contributed by atoms with Crippen LogP contribution in [0.15, 0.2) is 36.4 Å². The molecule has 0 bridgehead atoms. The van der Waals surface area contributed by atoms with Crippen LogP contribution in [0.5, 0.6) is 0 Å². The molecular formula is C28H37N5O. The zero-order chi connectivity index (χ0) is 24.1. The predicted molar refractivity (Wildman–Crippen MR) is 137 cm³/mol. The maximum Gasteiger partial charge on any atom is 0.253 e. The number of nitriles is 1. The quantitative estimate of drug-likeness (QED) is 0.701. The van der Waals surface area contributed by atoms with Crippen molar-refractivity contribution in [3.63, 3.8) is 0 Å². The van der Waals surface area contributed by atoms with E-state index in [1.165, 1.54) is 12.0 Å². The number of benzene rings is 2. The minimum absolute atomic E-state index is 0.101. The predicted octanol–water partition coefficient (Wildman–Crippen LogP) is 3.45. The third-order valence-corrected chi connectivity index (χ3v) is 7.19. The first-order chi connectivity index (χ1) is 16.4. The Balaban J connectivity index is 1.51. The van der Waals surface area contributed by atoms with Crippen molar-refractivity contribution in [2.45, 2.75) is 26.3 Å². The molecule has 0 atom stereocenters. The Kier molecular flexibility index (Phi) is 7.99. The largest absolute Gasteiger partial charge is 0.337 e. The lowest BCUT2D eigenvalue weighted by atomic mass is 9.93. The van der Waals surface area contributed by atoms with E-state index in [1.807, 2.05) is 36.1 Å². The van der Waals surface area contributed by atoms with Crippen LogP contribution in [0.25, 0.3) is 11.1 Å². The Labute approximate surface area is 204 Å². The molecule has 0 saturated carbocycles. The van der Waals surface area contributed by atoms with Gasteiger partial charge in [-0.1, -0.05) is 18.2 Å². The highest BCUT2D eigenvalue weighted by molar-refractivity contribution is 5.95. The number of rotatable bonds is 4. The van der Waals surface area contributed by atoms with Crippen LogP contribution in [-0.4, -0.2) is 92.0 Å². The Morgan fingerprint density at radius 1 is 0.853 bits per heavy atom. The van der Waals surface area contributed by atoms with Crippen LogP contribution in [0.2, 0.25) is 0 Å². The summed E-state index contributed by atoms with van der Waals surface area (Å²) in [7, 11) is 4.29. The fourth-order valence-corrected chi connectivity index (χ4v) is 5.06. The Hall–Kier alpha value is -2.72. The van der Waals surface area contributed by atoms with Gasteiger partial charge in [0.15, 0.2) is 0 Å². The van der Waals surface area contributed by atoms with Gasteiger partial charge in [0.1, 0.15) is 0 Å². The van der Waals surface area contributed by atoms with E-state index in [4.69, 9.17) is 0 Å². The summed E-state index contributed by atoms with van der Waals surface area (Å²) in [5, 5.41) is 9.91. The van der Waals surface area contributed by atoms with Crippen LogP contribution in [0.4, 0.5) is 0 Å². The maximum atomic E-state index is 13.1. The van der Waals surface area contributed by atoms with Gasteiger partial charge < -0.3 is 14.7 Å². The molecule has 2 aromatic rings. The third kappa shape index (κ3) is 5.85. The zero-order valence-electron chi connectivity index (χ0n) is 20.9. The summed E-state index contributed by atoms with van der Waals surface area (Å²) in [5.41, 5.74) is 5.59. The topological polar surface area (TPSA) is 53.8 Å². The van der Waals surface area contributed by atoms with Gasteiger partial charge in [-0.15, -0.1) is 0 Å². The van der Waals surface area contributed by atoms with Crippen molar-refractivity contribution in [3.8, 4) is 17.2 Å². The van der Waals surface area contributed by atoms with Crippen molar-refractivity contribution < 1.29 is 4.79 Å². The lowest BCUT2D eigenvalue weighted by Gasteiger charge is -2.21. The highest BCUT2D eigenvalue weighted by Gasteiger charge is 2.20. The Morgan fingerprint density at radius 3 is 2.29 bits per heavy atom. The Morgan fingerprint density at radius 2 is 1.56 bits per heavy atom. The summed E-state index contributed by atoms with van der Waals surface area (Å²) < 4.78 is 0. The normalized spacial score (nSPS) is 18.8. The molecule has 2 saturated heterocycles. The van der Waals surface area contributed by atoms with E-state index in [-0.39, 0.29) is 5.91 Å². The van der Waals surface area contributed by atoms with Gasteiger partial charge in [0.25, 0.3) is 5.91 Å². The average molecular weight is 460 g/mol. The Bertz CT molecular complexity index is 1060. The van der Waals surface area contributed by atoms with Gasteiger partial charge in [-0.3, -0.25) is 9.69 Å². The number of amides is 1. The number of nitrogens with zero attached hydrogens (tertiary/aromatic N) is 5. The highest BCUT2D eigenvalue weighted by Crippen LogP contribution is 2.29. The van der Waals surface area contributed by atoms with Gasteiger partial charge in [-0.05, 0) is 93.9 Å². The van der Waals surface area contributed by atoms with Crippen molar-refractivity contribution in [2.75, 3.05) is 66.5 Å². The van der Waals surface area contributed by atoms with Crippen LogP contribution in [0.3, 0.4) is 0 Å². The monoisotopic (exact) mass is 459 g/mol. The number of carbonyl (C=O) groups excluding carboxylic acids is 1. The summed E-state index contributed by atoms with van der Waals surface area (Å²) in [6.07, 6.45) is 2.18. The summed E-state index contributed by atoms with van der Waals surface area (Å²) in [6, 6.07) is 14.6. The van der Waals surface area contributed by atoms with Gasteiger partial charge in [-0.25, -0.2) is 0 Å². The molecular weight excluding hydrogens is 422 g/mol.